The van der Waals surface area contributed by atoms with E-state index in [-0.39, 0.29) is 24.8 Å². The van der Waals surface area contributed by atoms with Crippen LogP contribution < -0.4 is 15.4 Å². The summed E-state index contributed by atoms with van der Waals surface area (Å²) in [6.45, 7) is 1.56. The van der Waals surface area contributed by atoms with Gasteiger partial charge in [-0.1, -0.05) is 24.3 Å². The first-order valence-electron chi connectivity index (χ1n) is 8.13. The number of nitrogens with one attached hydrogen (secondary N) is 2. The van der Waals surface area contributed by atoms with Crippen molar-refractivity contribution in [2.75, 3.05) is 13.7 Å². The summed E-state index contributed by atoms with van der Waals surface area (Å²) in [4.78, 5) is 23.2. The van der Waals surface area contributed by atoms with Crippen LogP contribution in [0.2, 0.25) is 0 Å². The van der Waals surface area contributed by atoms with Crippen LogP contribution in [0.3, 0.4) is 0 Å². The van der Waals surface area contributed by atoms with Crippen molar-refractivity contribution in [2.45, 2.75) is 38.1 Å². The maximum absolute atomic E-state index is 12.1. The summed E-state index contributed by atoms with van der Waals surface area (Å²) in [5, 5.41) is 14.9. The van der Waals surface area contributed by atoms with Crippen LogP contribution in [0, 0.1) is 0 Å². The van der Waals surface area contributed by atoms with Crippen molar-refractivity contribution >= 4 is 11.8 Å². The number of rotatable bonds is 7. The van der Waals surface area contributed by atoms with Crippen molar-refractivity contribution in [3.8, 4) is 5.75 Å². The van der Waals surface area contributed by atoms with E-state index in [0.717, 1.165) is 11.3 Å². The van der Waals surface area contributed by atoms with Crippen LogP contribution in [0.5, 0.6) is 5.75 Å². The number of benzene rings is 1. The molecule has 7 heteroatoms. The lowest BCUT2D eigenvalue weighted by Crippen LogP contribution is -2.48. The minimum atomic E-state index is -0.565. The van der Waals surface area contributed by atoms with Crippen molar-refractivity contribution in [1.29, 1.82) is 0 Å². The Balaban J connectivity index is 1.84. The second kappa shape index (κ2) is 9.19. The summed E-state index contributed by atoms with van der Waals surface area (Å²) < 4.78 is 10.8. The first-order valence-corrected chi connectivity index (χ1v) is 8.13. The van der Waals surface area contributed by atoms with Crippen LogP contribution in [-0.4, -0.2) is 48.9 Å². The monoisotopic (exact) mass is 348 g/mol. The van der Waals surface area contributed by atoms with E-state index in [4.69, 9.17) is 9.47 Å². The largest absolute Gasteiger partial charge is 0.497 e. The molecule has 1 heterocycles. The topological polar surface area (TPSA) is 96.9 Å². The van der Waals surface area contributed by atoms with E-state index in [1.54, 1.807) is 19.3 Å². The van der Waals surface area contributed by atoms with Gasteiger partial charge in [-0.2, -0.15) is 0 Å². The molecule has 0 aliphatic carbocycles. The van der Waals surface area contributed by atoms with Gasteiger partial charge in [0.1, 0.15) is 11.9 Å². The maximum atomic E-state index is 12.1. The molecule has 1 aromatic carbocycles. The van der Waals surface area contributed by atoms with E-state index in [9.17, 15) is 14.7 Å². The molecule has 2 amide bonds. The smallest absolute Gasteiger partial charge is 0.223 e. The first kappa shape index (κ1) is 19.0. The van der Waals surface area contributed by atoms with Gasteiger partial charge in [0.15, 0.2) is 0 Å². The molecule has 2 rings (SSSR count). The van der Waals surface area contributed by atoms with E-state index in [1.165, 1.54) is 6.92 Å². The molecule has 1 aromatic rings. The second-order valence-electron chi connectivity index (χ2n) is 5.84. The third-order valence-corrected chi connectivity index (χ3v) is 3.84. The van der Waals surface area contributed by atoms with Gasteiger partial charge in [0.05, 0.1) is 32.3 Å². The predicted octanol–water partition coefficient (Wildman–Crippen LogP) is 0.522. The van der Waals surface area contributed by atoms with E-state index < -0.39 is 18.2 Å². The van der Waals surface area contributed by atoms with Crippen molar-refractivity contribution in [2.24, 2.45) is 0 Å². The average Bonchev–Trinajstić information content (AvgIpc) is 2.61. The predicted molar refractivity (Wildman–Crippen MR) is 91.9 cm³/mol. The van der Waals surface area contributed by atoms with Crippen LogP contribution in [0.25, 0.3) is 0 Å². The number of aliphatic hydroxyl groups is 1. The number of hydrogen-bond donors (Lipinski definition) is 3. The molecule has 0 bridgehead atoms. The number of ether oxygens (including phenoxy) is 2. The minimum Gasteiger partial charge on any atom is -0.497 e. The Morgan fingerprint density at radius 3 is 2.80 bits per heavy atom. The summed E-state index contributed by atoms with van der Waals surface area (Å²) in [7, 11) is 1.59. The minimum absolute atomic E-state index is 0.143. The van der Waals surface area contributed by atoms with Crippen LogP contribution >= 0.6 is 0 Å². The molecule has 7 nitrogen and oxygen atoms in total. The highest BCUT2D eigenvalue weighted by molar-refractivity contribution is 5.77. The lowest BCUT2D eigenvalue weighted by atomic mass is 10.0. The molecule has 0 saturated carbocycles. The number of aliphatic hydroxyl groups excluding tert-OH is 1. The van der Waals surface area contributed by atoms with Gasteiger partial charge < -0.3 is 25.2 Å². The molecule has 136 valence electrons. The Kier molecular flexibility index (Phi) is 6.97. The van der Waals surface area contributed by atoms with Gasteiger partial charge in [-0.15, -0.1) is 0 Å². The van der Waals surface area contributed by atoms with Crippen molar-refractivity contribution in [3.05, 3.63) is 42.0 Å². The molecule has 0 radical (unpaired) electrons. The van der Waals surface area contributed by atoms with E-state index in [0.29, 0.717) is 6.54 Å². The quantitative estimate of drug-likeness (QED) is 0.624. The van der Waals surface area contributed by atoms with Crippen molar-refractivity contribution < 1.29 is 24.2 Å². The highest BCUT2D eigenvalue weighted by Gasteiger charge is 2.28. The fraction of sp³-hybridized carbons (Fsp3) is 0.444. The second-order valence-corrected chi connectivity index (χ2v) is 5.84. The van der Waals surface area contributed by atoms with E-state index in [1.807, 2.05) is 24.3 Å². The SMILES string of the molecule is COc1cccc(CNC(=O)C[C@@H]2C=C[C@H](NC(C)=O)[C@@H](CO)O2)c1. The third-order valence-electron chi connectivity index (χ3n) is 3.84. The number of methoxy groups -OCH3 is 1. The van der Waals surface area contributed by atoms with E-state index in [2.05, 4.69) is 10.6 Å². The molecule has 0 spiro atoms. The third kappa shape index (κ3) is 5.88. The summed E-state index contributed by atoms with van der Waals surface area (Å²) in [6.07, 6.45) is 2.63. The molecular formula is C18H24N2O5. The van der Waals surface area contributed by atoms with Gasteiger partial charge >= 0.3 is 0 Å². The van der Waals surface area contributed by atoms with Gasteiger partial charge in [-0.25, -0.2) is 0 Å². The zero-order valence-electron chi connectivity index (χ0n) is 14.4. The molecule has 1 aliphatic heterocycles. The standard InChI is InChI=1S/C18H24N2O5/c1-12(22)20-16-7-6-15(25-17(16)11-21)9-18(23)19-10-13-4-3-5-14(8-13)24-2/h3-8,15-17,21H,9-11H2,1-2H3,(H,19,23)(H,20,22)/t15-,16-,17+/m0/s1. The molecule has 0 saturated heterocycles. The summed E-state index contributed by atoms with van der Waals surface area (Å²) in [5.74, 6) is 0.374. The number of hydrogen-bond acceptors (Lipinski definition) is 5. The van der Waals surface area contributed by atoms with E-state index >= 15 is 0 Å². The fourth-order valence-electron chi connectivity index (χ4n) is 2.61. The zero-order valence-corrected chi connectivity index (χ0v) is 14.4. The van der Waals surface area contributed by atoms with Crippen LogP contribution in [0.4, 0.5) is 0 Å². The van der Waals surface area contributed by atoms with Crippen LogP contribution in [0.1, 0.15) is 18.9 Å². The normalized spacial score (nSPS) is 22.3. The Morgan fingerprint density at radius 1 is 1.32 bits per heavy atom. The lowest BCUT2D eigenvalue weighted by molar-refractivity contribution is -0.127. The molecule has 3 N–H and O–H groups in total. The Hall–Kier alpha value is -2.38. The van der Waals surface area contributed by atoms with Crippen LogP contribution in [0.15, 0.2) is 36.4 Å². The molecule has 3 atom stereocenters. The fourth-order valence-corrected chi connectivity index (χ4v) is 2.61. The van der Waals surface area contributed by atoms with Crippen molar-refractivity contribution in [1.82, 2.24) is 10.6 Å². The zero-order chi connectivity index (χ0) is 18.2. The highest BCUT2D eigenvalue weighted by Crippen LogP contribution is 2.16. The van der Waals surface area contributed by atoms with Crippen LogP contribution in [-0.2, 0) is 20.9 Å². The molecule has 0 unspecified atom stereocenters. The Morgan fingerprint density at radius 2 is 2.12 bits per heavy atom. The number of carbonyl (C=O) groups is 2. The lowest BCUT2D eigenvalue weighted by Gasteiger charge is -2.31. The highest BCUT2D eigenvalue weighted by atomic mass is 16.5. The molecular weight excluding hydrogens is 324 g/mol. The number of carbonyl (C=O) groups excluding carboxylic acids is 2. The average molecular weight is 348 g/mol. The van der Waals surface area contributed by atoms with Gasteiger partial charge in [-0.3, -0.25) is 9.59 Å². The number of amides is 2. The van der Waals surface area contributed by atoms with Crippen molar-refractivity contribution in [3.63, 3.8) is 0 Å². The first-order chi connectivity index (χ1) is 12.0. The maximum Gasteiger partial charge on any atom is 0.223 e. The van der Waals surface area contributed by atoms with Gasteiger partial charge in [0.2, 0.25) is 11.8 Å². The molecule has 1 aliphatic rings. The summed E-state index contributed by atoms with van der Waals surface area (Å²) >= 11 is 0. The molecule has 0 aromatic heterocycles. The van der Waals surface area contributed by atoms with Gasteiger partial charge in [0, 0.05) is 13.5 Å². The summed E-state index contributed by atoms with van der Waals surface area (Å²) in [6, 6.07) is 7.07. The Labute approximate surface area is 147 Å². The van der Waals surface area contributed by atoms with Gasteiger partial charge in [-0.05, 0) is 17.7 Å². The van der Waals surface area contributed by atoms with Gasteiger partial charge in [0.25, 0.3) is 0 Å². The molecule has 0 fully saturated rings. The summed E-state index contributed by atoms with van der Waals surface area (Å²) in [5.41, 5.74) is 0.937. The molecule has 25 heavy (non-hydrogen) atoms. The Bertz CT molecular complexity index is 632.